The van der Waals surface area contributed by atoms with E-state index in [9.17, 15) is 0 Å². The lowest BCUT2D eigenvalue weighted by Gasteiger charge is -2.42. The van der Waals surface area contributed by atoms with Crippen LogP contribution in [0.1, 0.15) is 19.8 Å². The zero-order valence-electron chi connectivity index (χ0n) is 12.7. The molecule has 18 heavy (non-hydrogen) atoms. The van der Waals surface area contributed by atoms with E-state index in [0.717, 1.165) is 12.8 Å². The van der Waals surface area contributed by atoms with E-state index < -0.39 is 22.6 Å². The van der Waals surface area contributed by atoms with E-state index in [1.807, 2.05) is 11.4 Å². The summed E-state index contributed by atoms with van der Waals surface area (Å²) < 4.78 is 18.1. The van der Waals surface area contributed by atoms with Crippen molar-refractivity contribution in [1.82, 2.24) is 0 Å². The molecule has 3 nitrogen and oxygen atoms in total. The molecule has 0 bridgehead atoms. The highest BCUT2D eigenvalue weighted by Gasteiger charge is 2.41. The van der Waals surface area contributed by atoms with E-state index in [1.54, 1.807) is 0 Å². The Morgan fingerprint density at radius 3 is 1.67 bits per heavy atom. The van der Waals surface area contributed by atoms with Crippen LogP contribution in [-0.2, 0) is 13.3 Å². The predicted molar refractivity (Wildman–Crippen MR) is 86.2 cm³/mol. The maximum absolute atomic E-state index is 6.20. The molecule has 106 valence electrons. The molecule has 0 radical (unpaired) electrons. The van der Waals surface area contributed by atoms with Gasteiger partial charge in [-0.3, -0.25) is 0 Å². The first-order valence-corrected chi connectivity index (χ1v) is 13.2. The van der Waals surface area contributed by atoms with Gasteiger partial charge < -0.3 is 13.3 Å². The van der Waals surface area contributed by atoms with Crippen molar-refractivity contribution in [2.75, 3.05) is 0 Å². The molecule has 0 aliphatic carbocycles. The molecule has 0 aromatic rings. The van der Waals surface area contributed by atoms with Gasteiger partial charge in [-0.25, -0.2) is 0 Å². The van der Waals surface area contributed by atoms with E-state index >= 15 is 0 Å². The second-order valence-electron chi connectivity index (χ2n) is 5.46. The van der Waals surface area contributed by atoms with Crippen molar-refractivity contribution >= 4 is 27.1 Å². The maximum Gasteiger partial charge on any atom is 0.254 e. The molecule has 0 amide bonds. The van der Waals surface area contributed by atoms with Gasteiger partial charge in [0.05, 0.1) is 0 Å². The van der Waals surface area contributed by atoms with Gasteiger partial charge in [0.15, 0.2) is 10.5 Å². The van der Waals surface area contributed by atoms with Gasteiger partial charge in [0.25, 0.3) is 5.97 Å². The van der Waals surface area contributed by atoms with Crippen LogP contribution >= 0.6 is 0 Å². The first kappa shape index (κ1) is 18.0. The van der Waals surface area contributed by atoms with Crippen LogP contribution in [0.5, 0.6) is 0 Å². The normalized spacial score (nSPS) is 13.6. The van der Waals surface area contributed by atoms with Gasteiger partial charge in [-0.1, -0.05) is 18.3 Å². The lowest BCUT2D eigenvalue weighted by Crippen LogP contribution is -2.52. The Hall–Kier alpha value is 0.0106. The third-order valence-electron chi connectivity index (χ3n) is 2.69. The third-order valence-corrected chi connectivity index (χ3v) is 6.95. The minimum absolute atomic E-state index is 0.578. The summed E-state index contributed by atoms with van der Waals surface area (Å²) in [5, 5.41) is 0. The Labute approximate surface area is 117 Å². The molecule has 0 N–H and O–H groups in total. The zero-order valence-corrected chi connectivity index (χ0v) is 16.7. The molecule has 0 saturated heterocycles. The first-order chi connectivity index (χ1) is 8.16. The molecule has 0 unspecified atom stereocenters. The topological polar surface area (TPSA) is 27.7 Å². The van der Waals surface area contributed by atoms with Gasteiger partial charge in [-0.05, 0) is 32.6 Å². The lowest BCUT2D eigenvalue weighted by atomic mass is 10.3. The minimum atomic E-state index is -1.96. The Balaban J connectivity index is 5.15. The summed E-state index contributed by atoms with van der Waals surface area (Å²) >= 11 is 0. The van der Waals surface area contributed by atoms with E-state index in [1.165, 1.54) is 0 Å². The standard InChI is InChI=1S/C12H28O3Si3/c1-8-11-12(13-16,14-17(4,5)9-2)15-18(6,7)10-3/h9-10H,2-3,8,11H2,1,4-7,16H3. The molecular formula is C12H28O3Si3. The van der Waals surface area contributed by atoms with Gasteiger partial charge in [0.2, 0.25) is 16.6 Å². The number of rotatable bonds is 9. The molecule has 0 aromatic carbocycles. The molecule has 0 spiro atoms. The van der Waals surface area contributed by atoms with E-state index in [4.69, 9.17) is 13.3 Å². The Morgan fingerprint density at radius 2 is 1.44 bits per heavy atom. The van der Waals surface area contributed by atoms with Crippen molar-refractivity contribution in [3.63, 3.8) is 0 Å². The van der Waals surface area contributed by atoms with Gasteiger partial charge in [-0.15, -0.1) is 13.2 Å². The van der Waals surface area contributed by atoms with Crippen LogP contribution in [0.2, 0.25) is 26.2 Å². The summed E-state index contributed by atoms with van der Waals surface area (Å²) in [4.78, 5) is 0. The summed E-state index contributed by atoms with van der Waals surface area (Å²) in [5.41, 5.74) is 3.81. The summed E-state index contributed by atoms with van der Waals surface area (Å²) in [6, 6.07) is 0. The molecule has 0 aromatic heterocycles. The quantitative estimate of drug-likeness (QED) is 0.484. The fourth-order valence-electron chi connectivity index (χ4n) is 1.50. The van der Waals surface area contributed by atoms with Crippen LogP contribution in [0.4, 0.5) is 0 Å². The molecule has 6 heteroatoms. The smallest absolute Gasteiger partial charge is 0.254 e. The molecule has 0 aliphatic heterocycles. The largest absolute Gasteiger partial charge is 0.382 e. The van der Waals surface area contributed by atoms with Gasteiger partial charge in [0, 0.05) is 6.42 Å². The number of hydrogen-bond donors (Lipinski definition) is 0. The van der Waals surface area contributed by atoms with Crippen LogP contribution in [0.15, 0.2) is 24.6 Å². The molecular weight excluding hydrogens is 276 g/mol. The lowest BCUT2D eigenvalue weighted by molar-refractivity contribution is -0.266. The highest BCUT2D eigenvalue weighted by molar-refractivity contribution is 6.77. The van der Waals surface area contributed by atoms with Crippen molar-refractivity contribution in [3.8, 4) is 0 Å². The van der Waals surface area contributed by atoms with E-state index in [-0.39, 0.29) is 0 Å². The predicted octanol–water partition coefficient (Wildman–Crippen LogP) is 2.63. The molecule has 0 saturated carbocycles. The van der Waals surface area contributed by atoms with Crippen LogP contribution in [0.25, 0.3) is 0 Å². The Kier molecular flexibility index (Phi) is 6.98. The summed E-state index contributed by atoms with van der Waals surface area (Å²) in [6.07, 6.45) is 1.69. The fourth-order valence-corrected chi connectivity index (χ4v) is 4.51. The maximum atomic E-state index is 6.20. The summed E-state index contributed by atoms with van der Waals surface area (Å²) in [7, 11) is -3.34. The second-order valence-corrected chi connectivity index (χ2v) is 13.5. The van der Waals surface area contributed by atoms with Gasteiger partial charge in [0.1, 0.15) is 0 Å². The van der Waals surface area contributed by atoms with Crippen molar-refractivity contribution in [2.24, 2.45) is 0 Å². The Morgan fingerprint density at radius 1 is 1.06 bits per heavy atom. The summed E-state index contributed by atoms with van der Waals surface area (Å²) in [6.45, 7) is 18.2. The van der Waals surface area contributed by atoms with E-state index in [2.05, 4.69) is 46.3 Å². The first-order valence-electron chi connectivity index (χ1n) is 6.38. The summed E-state index contributed by atoms with van der Waals surface area (Å²) in [5.74, 6) is -0.894. The van der Waals surface area contributed by atoms with Crippen molar-refractivity contribution in [3.05, 3.63) is 24.6 Å². The molecule has 0 heterocycles. The molecule has 0 fully saturated rings. The highest BCUT2D eigenvalue weighted by Crippen LogP contribution is 2.29. The highest BCUT2D eigenvalue weighted by atomic mass is 28.4. The van der Waals surface area contributed by atoms with Crippen LogP contribution in [0.3, 0.4) is 0 Å². The monoisotopic (exact) mass is 304 g/mol. The van der Waals surface area contributed by atoms with Crippen molar-refractivity contribution < 1.29 is 13.3 Å². The van der Waals surface area contributed by atoms with Crippen LogP contribution in [0, 0.1) is 0 Å². The van der Waals surface area contributed by atoms with Crippen molar-refractivity contribution in [2.45, 2.75) is 51.9 Å². The Bertz CT molecular complexity index is 268. The van der Waals surface area contributed by atoms with Crippen molar-refractivity contribution in [1.29, 1.82) is 0 Å². The molecule has 0 aliphatic rings. The second kappa shape index (κ2) is 6.97. The number of hydrogen-bond acceptors (Lipinski definition) is 3. The average Bonchev–Trinajstić information content (AvgIpc) is 2.28. The van der Waals surface area contributed by atoms with Gasteiger partial charge >= 0.3 is 0 Å². The molecule has 0 rings (SSSR count). The average molecular weight is 305 g/mol. The SMILES string of the molecule is C=C[Si](C)(C)OC(CCC)(O[SiH3])O[Si](C)(C)C=C. The zero-order chi connectivity index (χ0) is 14.4. The van der Waals surface area contributed by atoms with Crippen LogP contribution < -0.4 is 0 Å². The fraction of sp³-hybridized carbons (Fsp3) is 0.667. The van der Waals surface area contributed by atoms with E-state index in [0.29, 0.717) is 10.5 Å². The third kappa shape index (κ3) is 5.77. The van der Waals surface area contributed by atoms with Crippen LogP contribution in [-0.4, -0.2) is 33.1 Å². The minimum Gasteiger partial charge on any atom is -0.382 e. The molecule has 0 atom stereocenters. The van der Waals surface area contributed by atoms with Gasteiger partial charge in [-0.2, -0.15) is 0 Å².